The van der Waals surface area contributed by atoms with Crippen LogP contribution in [-0.2, 0) is 0 Å². The highest BCUT2D eigenvalue weighted by Gasteiger charge is 2.51. The first-order valence-corrected chi connectivity index (χ1v) is 16.7. The van der Waals surface area contributed by atoms with E-state index < -0.39 is 13.8 Å². The van der Waals surface area contributed by atoms with E-state index >= 15 is 0 Å². The predicted octanol–water partition coefficient (Wildman–Crippen LogP) is 7.63. The third-order valence-electron chi connectivity index (χ3n) is 4.51. The minimum atomic E-state index is -1.74. The van der Waals surface area contributed by atoms with Crippen LogP contribution in [0, 0.1) is 0 Å². The highest BCUT2D eigenvalue weighted by molar-refractivity contribution is 7.71. The van der Waals surface area contributed by atoms with Crippen molar-refractivity contribution in [3.8, 4) is 0 Å². The molecule has 0 saturated heterocycles. The molecule has 0 aliphatic heterocycles. The normalized spacial score (nSPS) is 12.9. The second-order valence-corrected chi connectivity index (χ2v) is 24.2. The maximum Gasteiger partial charge on any atom is 0.165 e. The monoisotopic (exact) mass is 354 g/mol. The summed E-state index contributed by atoms with van der Waals surface area (Å²) >= 11 is 14.7. The molecule has 0 aromatic rings. The zero-order valence-corrected chi connectivity index (χ0v) is 17.8. The van der Waals surface area contributed by atoms with Crippen molar-refractivity contribution in [2.75, 3.05) is 0 Å². The van der Waals surface area contributed by atoms with Gasteiger partial charge >= 0.3 is 0 Å². The Morgan fingerprint density at radius 1 is 0.500 bits per heavy atom. The Balaban J connectivity index is 5.02. The Bertz CT molecular complexity index is 195. The van der Waals surface area contributed by atoms with Crippen molar-refractivity contribution in [2.24, 2.45) is 0 Å². The second-order valence-electron chi connectivity index (χ2n) is 6.34. The van der Waals surface area contributed by atoms with Crippen molar-refractivity contribution >= 4 is 36.0 Å². The lowest BCUT2D eigenvalue weighted by Gasteiger charge is -2.39. The Kier molecular flexibility index (Phi) is 12.2. The van der Waals surface area contributed by atoms with Crippen molar-refractivity contribution in [3.63, 3.8) is 0 Å². The molecule has 0 heterocycles. The molecule has 0 atom stereocenters. The lowest BCUT2D eigenvalue weighted by molar-refractivity contribution is 0.827. The summed E-state index contributed by atoms with van der Waals surface area (Å²) in [5.74, 6) is 0. The van der Waals surface area contributed by atoms with Gasteiger partial charge in [0.05, 0.1) is 0 Å². The molecule has 4 heteroatoms. The van der Waals surface area contributed by atoms with Gasteiger partial charge in [-0.05, 0) is 24.2 Å². The fraction of sp³-hybridized carbons (Fsp3) is 1.00. The van der Waals surface area contributed by atoms with E-state index in [2.05, 4.69) is 27.7 Å². The molecular weight excluding hydrogens is 319 g/mol. The molecular formula is C16H36Cl2Si2. The minimum Gasteiger partial charge on any atom is -0.169 e. The molecule has 0 rings (SSSR count). The van der Waals surface area contributed by atoms with Gasteiger partial charge in [0.15, 0.2) is 13.8 Å². The molecule has 0 radical (unpaired) electrons. The second kappa shape index (κ2) is 11.6. The first-order chi connectivity index (χ1) is 9.49. The minimum absolute atomic E-state index is 1.26. The molecule has 0 bridgehead atoms. The third kappa shape index (κ3) is 6.85. The molecule has 20 heavy (non-hydrogen) atoms. The highest BCUT2D eigenvalue weighted by Crippen LogP contribution is 2.43. The van der Waals surface area contributed by atoms with E-state index in [1.807, 2.05) is 0 Å². The highest BCUT2D eigenvalue weighted by atomic mass is 35.6. The van der Waals surface area contributed by atoms with Gasteiger partial charge in [0, 0.05) is 0 Å². The van der Waals surface area contributed by atoms with Gasteiger partial charge in [-0.1, -0.05) is 79.1 Å². The molecule has 122 valence electrons. The van der Waals surface area contributed by atoms with Gasteiger partial charge in [0.25, 0.3) is 0 Å². The summed E-state index contributed by atoms with van der Waals surface area (Å²) in [5.41, 5.74) is 0. The average molecular weight is 356 g/mol. The van der Waals surface area contributed by atoms with E-state index in [0.717, 1.165) is 0 Å². The third-order valence-corrected chi connectivity index (χ3v) is 28.2. The summed E-state index contributed by atoms with van der Waals surface area (Å²) in [6.07, 6.45) is 10.2. The number of rotatable bonds is 13. The maximum absolute atomic E-state index is 7.34. The van der Waals surface area contributed by atoms with Crippen molar-refractivity contribution in [3.05, 3.63) is 0 Å². The fourth-order valence-corrected chi connectivity index (χ4v) is 21.4. The summed E-state index contributed by atoms with van der Waals surface area (Å²) in [7, 11) is 0. The molecule has 0 aliphatic rings. The number of halogens is 2. The Morgan fingerprint density at radius 2 is 0.700 bits per heavy atom. The SMILES string of the molecule is CCCC[Si](Cl)(CCCC)[Si](Cl)(CCCC)CCCC. The van der Waals surface area contributed by atoms with E-state index in [4.69, 9.17) is 22.2 Å². The number of hydrogen-bond donors (Lipinski definition) is 0. The van der Waals surface area contributed by atoms with Crippen LogP contribution in [0.3, 0.4) is 0 Å². The van der Waals surface area contributed by atoms with Crippen molar-refractivity contribution in [1.82, 2.24) is 0 Å². The van der Waals surface area contributed by atoms with Crippen LogP contribution in [0.15, 0.2) is 0 Å². The van der Waals surface area contributed by atoms with Gasteiger partial charge in [-0.3, -0.25) is 0 Å². The first-order valence-electron chi connectivity index (χ1n) is 8.87. The summed E-state index contributed by atoms with van der Waals surface area (Å²) in [6, 6.07) is 5.09. The van der Waals surface area contributed by atoms with E-state index in [0.29, 0.717) is 0 Å². The summed E-state index contributed by atoms with van der Waals surface area (Å²) in [4.78, 5) is 0. The first kappa shape index (κ1) is 21.0. The van der Waals surface area contributed by atoms with Crippen LogP contribution in [-0.4, -0.2) is 13.8 Å². The molecule has 0 amide bonds. The van der Waals surface area contributed by atoms with Crippen LogP contribution < -0.4 is 0 Å². The molecule has 0 unspecified atom stereocenters. The van der Waals surface area contributed by atoms with E-state index in [1.165, 1.54) is 75.5 Å². The van der Waals surface area contributed by atoms with Crippen LogP contribution in [0.1, 0.15) is 79.1 Å². The van der Waals surface area contributed by atoms with Crippen molar-refractivity contribution in [1.29, 1.82) is 0 Å². The zero-order chi connectivity index (χ0) is 15.5. The zero-order valence-electron chi connectivity index (χ0n) is 14.2. The molecule has 0 aliphatic carbocycles. The van der Waals surface area contributed by atoms with Gasteiger partial charge in [0.1, 0.15) is 0 Å². The number of unbranched alkanes of at least 4 members (excludes halogenated alkanes) is 4. The number of hydrogen-bond acceptors (Lipinski definition) is 0. The van der Waals surface area contributed by atoms with E-state index in [1.54, 1.807) is 0 Å². The Hall–Kier alpha value is 1.01. The van der Waals surface area contributed by atoms with Gasteiger partial charge < -0.3 is 0 Å². The van der Waals surface area contributed by atoms with Crippen LogP contribution in [0.2, 0.25) is 24.2 Å². The summed E-state index contributed by atoms with van der Waals surface area (Å²) in [5, 5.41) is 0. The molecule has 0 nitrogen and oxygen atoms in total. The van der Waals surface area contributed by atoms with E-state index in [-0.39, 0.29) is 0 Å². The van der Waals surface area contributed by atoms with Crippen LogP contribution in [0.25, 0.3) is 0 Å². The lowest BCUT2D eigenvalue weighted by Crippen LogP contribution is -2.55. The van der Waals surface area contributed by atoms with Crippen molar-refractivity contribution < 1.29 is 0 Å². The van der Waals surface area contributed by atoms with Crippen LogP contribution in [0.5, 0.6) is 0 Å². The smallest absolute Gasteiger partial charge is 0.165 e. The van der Waals surface area contributed by atoms with Gasteiger partial charge in [-0.15, -0.1) is 0 Å². The predicted molar refractivity (Wildman–Crippen MR) is 102 cm³/mol. The Morgan fingerprint density at radius 3 is 0.850 bits per heavy atom. The topological polar surface area (TPSA) is 0 Å². The van der Waals surface area contributed by atoms with Gasteiger partial charge in [-0.2, -0.15) is 22.2 Å². The molecule has 0 saturated carbocycles. The summed E-state index contributed by atoms with van der Waals surface area (Å²) in [6.45, 7) is 5.63. The quantitative estimate of drug-likeness (QED) is 0.235. The lowest BCUT2D eigenvalue weighted by atomic mass is 10.4. The Labute approximate surface area is 139 Å². The van der Waals surface area contributed by atoms with Gasteiger partial charge in [-0.25, -0.2) is 0 Å². The molecule has 0 spiro atoms. The molecule has 0 fully saturated rings. The molecule has 0 N–H and O–H groups in total. The standard InChI is InChI=1S/C16H36Cl2Si2/c1-5-9-13-19(17,14-10-6-2)20(18,15-11-7-3)16-12-8-4/h5-16H2,1-4H3. The average Bonchev–Trinajstić information content (AvgIpc) is 2.46. The summed E-state index contributed by atoms with van der Waals surface area (Å²) < 4.78 is 0. The van der Waals surface area contributed by atoms with Crippen LogP contribution in [0.4, 0.5) is 0 Å². The largest absolute Gasteiger partial charge is 0.169 e. The maximum atomic E-state index is 7.34. The fourth-order valence-electron chi connectivity index (χ4n) is 2.97. The van der Waals surface area contributed by atoms with Gasteiger partial charge in [0.2, 0.25) is 0 Å². The molecule has 0 aromatic carbocycles. The molecule has 0 aromatic heterocycles. The van der Waals surface area contributed by atoms with Crippen LogP contribution >= 0.6 is 22.2 Å². The van der Waals surface area contributed by atoms with Crippen molar-refractivity contribution in [2.45, 2.75) is 103 Å². The van der Waals surface area contributed by atoms with E-state index in [9.17, 15) is 0 Å².